The van der Waals surface area contributed by atoms with Gasteiger partial charge in [-0.05, 0) is 55.3 Å². The number of phenolic OH excluding ortho intramolecular Hbond substituents is 1. The van der Waals surface area contributed by atoms with Crippen LogP contribution in [0.2, 0.25) is 0 Å². The van der Waals surface area contributed by atoms with Crippen LogP contribution in [0.4, 0.5) is 0 Å². The van der Waals surface area contributed by atoms with Crippen LogP contribution >= 0.6 is 0 Å². The Hall–Kier alpha value is -3.54. The van der Waals surface area contributed by atoms with Gasteiger partial charge < -0.3 is 19.7 Å². The van der Waals surface area contributed by atoms with Crippen LogP contribution in [0.15, 0.2) is 65.3 Å². The molecule has 6 heteroatoms. The molecule has 150 valence electrons. The van der Waals surface area contributed by atoms with E-state index < -0.39 is 0 Å². The Labute approximate surface area is 169 Å². The highest BCUT2D eigenvalue weighted by atomic mass is 16.3. The molecule has 2 N–H and O–H groups in total. The van der Waals surface area contributed by atoms with Crippen molar-refractivity contribution < 1.29 is 19.1 Å². The molecule has 0 radical (unpaired) electrons. The summed E-state index contributed by atoms with van der Waals surface area (Å²) in [4.78, 5) is 26.8. The van der Waals surface area contributed by atoms with Gasteiger partial charge in [-0.2, -0.15) is 0 Å². The van der Waals surface area contributed by atoms with Gasteiger partial charge in [-0.3, -0.25) is 9.59 Å². The average molecular weight is 392 g/mol. The molecule has 0 saturated carbocycles. The van der Waals surface area contributed by atoms with E-state index in [1.54, 1.807) is 54.8 Å². The normalized spacial score (nSPS) is 10.6. The zero-order chi connectivity index (χ0) is 20.8. The first kappa shape index (κ1) is 20.2. The summed E-state index contributed by atoms with van der Waals surface area (Å²) in [6.07, 6.45) is 1.54. The second kappa shape index (κ2) is 9.10. The maximum absolute atomic E-state index is 12.8. The number of amides is 2. The van der Waals surface area contributed by atoms with Gasteiger partial charge >= 0.3 is 0 Å². The first-order valence-corrected chi connectivity index (χ1v) is 9.36. The van der Waals surface area contributed by atoms with Gasteiger partial charge in [0.15, 0.2) is 0 Å². The molecule has 0 fully saturated rings. The van der Waals surface area contributed by atoms with Crippen LogP contribution in [0.1, 0.15) is 32.8 Å². The summed E-state index contributed by atoms with van der Waals surface area (Å²) in [5.74, 6) is 0.155. The number of rotatable bonds is 7. The summed E-state index contributed by atoms with van der Waals surface area (Å²) in [5, 5.41) is 12.7. The number of nitrogens with zero attached hydrogens (tertiary/aromatic N) is 1. The minimum absolute atomic E-state index is 0.115. The fraction of sp³-hybridized carbons (Fsp3) is 0.217. The van der Waals surface area contributed by atoms with Gasteiger partial charge in [0.1, 0.15) is 11.5 Å². The average Bonchev–Trinajstić information content (AvgIpc) is 3.22. The van der Waals surface area contributed by atoms with E-state index in [4.69, 9.17) is 4.42 Å². The third-order valence-electron chi connectivity index (χ3n) is 4.80. The Bertz CT molecular complexity index is 996. The number of aromatic hydroxyl groups is 1. The van der Waals surface area contributed by atoms with Crippen molar-refractivity contribution in [2.45, 2.75) is 26.9 Å². The zero-order valence-electron chi connectivity index (χ0n) is 16.5. The Balaban J connectivity index is 1.69. The highest BCUT2D eigenvalue weighted by Gasteiger charge is 2.18. The molecule has 0 atom stereocenters. The molecule has 0 unspecified atom stereocenters. The fourth-order valence-corrected chi connectivity index (χ4v) is 2.93. The predicted octanol–water partition coefficient (Wildman–Crippen LogP) is 3.56. The first-order chi connectivity index (χ1) is 13.9. The van der Waals surface area contributed by atoms with Crippen molar-refractivity contribution in [2.24, 2.45) is 0 Å². The molecular formula is C23H24N2O4. The van der Waals surface area contributed by atoms with Crippen molar-refractivity contribution in [2.75, 3.05) is 6.54 Å². The van der Waals surface area contributed by atoms with Gasteiger partial charge in [0.05, 0.1) is 19.4 Å². The highest BCUT2D eigenvalue weighted by molar-refractivity contribution is 5.96. The summed E-state index contributed by atoms with van der Waals surface area (Å²) in [6, 6.07) is 15.8. The van der Waals surface area contributed by atoms with Crippen LogP contribution < -0.4 is 5.32 Å². The SMILES string of the molecule is Cc1ccc(C(=O)NCC(=O)N(Cc2ccco2)Cc2ccccc2O)cc1C. The molecule has 29 heavy (non-hydrogen) atoms. The lowest BCUT2D eigenvalue weighted by atomic mass is 10.1. The summed E-state index contributed by atoms with van der Waals surface area (Å²) in [7, 11) is 0. The van der Waals surface area contributed by atoms with Gasteiger partial charge in [-0.15, -0.1) is 0 Å². The van der Waals surface area contributed by atoms with E-state index in [2.05, 4.69) is 5.32 Å². The lowest BCUT2D eigenvalue weighted by Crippen LogP contribution is -2.39. The molecule has 6 nitrogen and oxygen atoms in total. The van der Waals surface area contributed by atoms with Crippen LogP contribution in [0.25, 0.3) is 0 Å². The second-order valence-corrected chi connectivity index (χ2v) is 6.94. The Morgan fingerprint density at radius 2 is 1.79 bits per heavy atom. The maximum atomic E-state index is 12.8. The van der Waals surface area contributed by atoms with Crippen LogP contribution in [0, 0.1) is 13.8 Å². The molecular weight excluding hydrogens is 368 g/mol. The number of furan rings is 1. The van der Waals surface area contributed by atoms with Gasteiger partial charge in [-0.25, -0.2) is 0 Å². The smallest absolute Gasteiger partial charge is 0.251 e. The minimum Gasteiger partial charge on any atom is -0.508 e. The van der Waals surface area contributed by atoms with Gasteiger partial charge in [0.25, 0.3) is 5.91 Å². The Morgan fingerprint density at radius 1 is 1.00 bits per heavy atom. The van der Waals surface area contributed by atoms with Crippen LogP contribution in [0.5, 0.6) is 5.75 Å². The quantitative estimate of drug-likeness (QED) is 0.644. The lowest BCUT2D eigenvalue weighted by Gasteiger charge is -2.22. The van der Waals surface area contributed by atoms with Crippen LogP contribution in [-0.2, 0) is 17.9 Å². The minimum atomic E-state index is -0.304. The molecule has 0 aliphatic carbocycles. The van der Waals surface area contributed by atoms with E-state index in [1.807, 2.05) is 19.9 Å². The Kier molecular flexibility index (Phi) is 6.34. The number of carbonyl (C=O) groups is 2. The molecule has 0 aliphatic heterocycles. The molecule has 2 amide bonds. The second-order valence-electron chi connectivity index (χ2n) is 6.94. The predicted molar refractivity (Wildman–Crippen MR) is 109 cm³/mol. The maximum Gasteiger partial charge on any atom is 0.251 e. The van der Waals surface area contributed by atoms with Gasteiger partial charge in [0.2, 0.25) is 5.91 Å². The highest BCUT2D eigenvalue weighted by Crippen LogP contribution is 2.19. The van der Waals surface area contributed by atoms with Crippen molar-refractivity contribution in [1.29, 1.82) is 0 Å². The summed E-state index contributed by atoms with van der Waals surface area (Å²) >= 11 is 0. The van der Waals surface area contributed by atoms with E-state index in [0.717, 1.165) is 11.1 Å². The molecule has 0 bridgehead atoms. The standard InChI is InChI=1S/C23H24N2O4/c1-16-9-10-18(12-17(16)2)23(28)24-13-22(27)25(15-20-7-5-11-29-20)14-19-6-3-4-8-21(19)26/h3-12,26H,13-15H2,1-2H3,(H,24,28). The van der Waals surface area contributed by atoms with E-state index in [1.165, 1.54) is 4.90 Å². The largest absolute Gasteiger partial charge is 0.508 e. The van der Waals surface area contributed by atoms with Crippen molar-refractivity contribution in [3.8, 4) is 5.75 Å². The molecule has 0 spiro atoms. The van der Waals surface area contributed by atoms with Crippen molar-refractivity contribution in [3.05, 3.63) is 88.9 Å². The van der Waals surface area contributed by atoms with Gasteiger partial charge in [0, 0.05) is 17.7 Å². The van der Waals surface area contributed by atoms with Crippen LogP contribution in [-0.4, -0.2) is 28.4 Å². The molecule has 3 rings (SSSR count). The first-order valence-electron chi connectivity index (χ1n) is 9.36. The summed E-state index contributed by atoms with van der Waals surface area (Å²) in [6.45, 7) is 4.20. The van der Waals surface area contributed by atoms with Crippen molar-refractivity contribution in [3.63, 3.8) is 0 Å². The number of benzene rings is 2. The number of aryl methyl sites for hydroxylation is 2. The number of phenols is 1. The third-order valence-corrected chi connectivity index (χ3v) is 4.80. The van der Waals surface area contributed by atoms with E-state index in [0.29, 0.717) is 16.9 Å². The molecule has 2 aromatic carbocycles. The third kappa shape index (κ3) is 5.25. The van der Waals surface area contributed by atoms with Crippen molar-refractivity contribution in [1.82, 2.24) is 10.2 Å². The number of hydrogen-bond acceptors (Lipinski definition) is 4. The lowest BCUT2D eigenvalue weighted by molar-refractivity contribution is -0.131. The number of carbonyl (C=O) groups excluding carboxylic acids is 2. The zero-order valence-corrected chi connectivity index (χ0v) is 16.5. The monoisotopic (exact) mass is 392 g/mol. The fourth-order valence-electron chi connectivity index (χ4n) is 2.93. The van der Waals surface area contributed by atoms with E-state index in [9.17, 15) is 14.7 Å². The number of para-hydroxylation sites is 1. The van der Waals surface area contributed by atoms with E-state index >= 15 is 0 Å². The number of nitrogens with one attached hydrogen (secondary N) is 1. The topological polar surface area (TPSA) is 82.8 Å². The summed E-state index contributed by atoms with van der Waals surface area (Å²) in [5.41, 5.74) is 3.25. The van der Waals surface area contributed by atoms with Gasteiger partial charge in [-0.1, -0.05) is 24.3 Å². The molecule has 3 aromatic rings. The Morgan fingerprint density at radius 3 is 2.48 bits per heavy atom. The van der Waals surface area contributed by atoms with Crippen molar-refractivity contribution >= 4 is 11.8 Å². The molecule has 1 aromatic heterocycles. The van der Waals surface area contributed by atoms with Crippen LogP contribution in [0.3, 0.4) is 0 Å². The summed E-state index contributed by atoms with van der Waals surface area (Å²) < 4.78 is 5.36. The molecule has 0 saturated heterocycles. The van der Waals surface area contributed by atoms with E-state index in [-0.39, 0.29) is 37.2 Å². The molecule has 0 aliphatic rings. The molecule has 1 heterocycles. The number of hydrogen-bond donors (Lipinski definition) is 2.